The van der Waals surface area contributed by atoms with E-state index < -0.39 is 61.7 Å². The molecule has 44 heavy (non-hydrogen) atoms. The van der Waals surface area contributed by atoms with Gasteiger partial charge in [-0.05, 0) is 30.9 Å². The van der Waals surface area contributed by atoms with Crippen LogP contribution in [-0.2, 0) is 45.5 Å². The molecule has 1 aromatic heterocycles. The van der Waals surface area contributed by atoms with E-state index in [0.29, 0.717) is 16.5 Å². The van der Waals surface area contributed by atoms with Gasteiger partial charge in [0.2, 0.25) is 6.10 Å². The Kier molecular flexibility index (Phi) is 10.5. The third-order valence-electron chi connectivity index (χ3n) is 7.91. The summed E-state index contributed by atoms with van der Waals surface area (Å²) >= 11 is 0. The summed E-state index contributed by atoms with van der Waals surface area (Å²) in [6, 6.07) is 19.6. The van der Waals surface area contributed by atoms with Gasteiger partial charge in [0.25, 0.3) is 0 Å². The van der Waals surface area contributed by atoms with Crippen molar-refractivity contribution in [2.24, 2.45) is 11.8 Å². The normalized spacial score (nSPS) is 24.2. The fourth-order valence-electron chi connectivity index (χ4n) is 5.90. The van der Waals surface area contributed by atoms with Crippen molar-refractivity contribution in [3.05, 3.63) is 89.7 Å². The molecule has 1 fully saturated rings. The predicted molar refractivity (Wildman–Crippen MR) is 165 cm³/mol. The number of hydrogen-bond donors (Lipinski definition) is 1. The molecule has 1 saturated carbocycles. The zero-order valence-electron chi connectivity index (χ0n) is 26.1. The Morgan fingerprint density at radius 2 is 1.66 bits per heavy atom. The maximum absolute atomic E-state index is 13.8. The number of furan rings is 1. The summed E-state index contributed by atoms with van der Waals surface area (Å²) in [6.45, 7) is 11.2. The minimum Gasteiger partial charge on any atom is -0.474 e. The second-order valence-corrected chi connectivity index (χ2v) is 17.2. The largest absolute Gasteiger partial charge is 0.474 e. The van der Waals surface area contributed by atoms with Crippen LogP contribution < -0.4 is 5.38 Å². The van der Waals surface area contributed by atoms with Gasteiger partial charge in [0.1, 0.15) is 25.9 Å². The van der Waals surface area contributed by atoms with Gasteiger partial charge < -0.3 is 28.5 Å². The van der Waals surface area contributed by atoms with Crippen LogP contribution in [0.2, 0.25) is 19.6 Å². The molecule has 0 saturated heterocycles. The highest BCUT2D eigenvalue weighted by molar-refractivity contribution is 6.88. The first-order chi connectivity index (χ1) is 20.9. The molecule has 1 heterocycles. The number of benzene rings is 2. The SMILES string of the molecule is CCOC(=O)[C@@H]1C[C@H](C)[C@@H](OC(=O)[C@@H](OC(C)=O)c2ccccc2)[C@H](OCc2ccccc2)[C@@]1(O)c1ccoc1[Si](C)(C)C. The van der Waals surface area contributed by atoms with Crippen LogP contribution in [0.4, 0.5) is 0 Å². The third-order valence-corrected chi connectivity index (χ3v) is 9.66. The van der Waals surface area contributed by atoms with Crippen molar-refractivity contribution in [3.63, 3.8) is 0 Å². The molecular weight excluding hydrogens is 580 g/mol. The lowest BCUT2D eigenvalue weighted by atomic mass is 9.65. The highest BCUT2D eigenvalue weighted by Gasteiger charge is 2.61. The lowest BCUT2D eigenvalue weighted by Crippen LogP contribution is -2.64. The summed E-state index contributed by atoms with van der Waals surface area (Å²) in [5, 5.41) is 13.5. The predicted octanol–water partition coefficient (Wildman–Crippen LogP) is 5.03. The number of ether oxygens (including phenoxy) is 4. The monoisotopic (exact) mass is 622 g/mol. The summed E-state index contributed by atoms with van der Waals surface area (Å²) in [6.07, 6.45) is -1.95. The molecule has 1 N–H and O–H groups in total. The van der Waals surface area contributed by atoms with Crippen LogP contribution >= 0.6 is 0 Å². The molecular formula is C34H42O9Si. The van der Waals surface area contributed by atoms with Crippen molar-refractivity contribution in [2.75, 3.05) is 6.61 Å². The summed E-state index contributed by atoms with van der Waals surface area (Å²) in [4.78, 5) is 39.4. The fourth-order valence-corrected chi connectivity index (χ4v) is 7.41. The van der Waals surface area contributed by atoms with Crippen molar-refractivity contribution in [2.45, 2.75) is 77.4 Å². The minimum absolute atomic E-state index is 0.0658. The van der Waals surface area contributed by atoms with Gasteiger partial charge in [0.15, 0.2) is 0 Å². The third kappa shape index (κ3) is 7.14. The van der Waals surface area contributed by atoms with Crippen molar-refractivity contribution in [1.29, 1.82) is 0 Å². The standard InChI is InChI=1S/C34H42O9Si/c1-7-39-31(36)27-20-22(2)28(43-32(37)29(42-23(3)35)25-16-12-9-13-17-25)30(41-21-24-14-10-8-11-15-24)34(27,38)26-18-19-40-33(26)44(4,5)6/h8-19,22,27-30,38H,7,20-21H2,1-6H3/t22-,27-,28+,29-,30-,34+/m0/s1. The maximum atomic E-state index is 13.8. The van der Waals surface area contributed by atoms with Crippen LogP contribution in [0.15, 0.2) is 77.4 Å². The first-order valence-electron chi connectivity index (χ1n) is 14.9. The van der Waals surface area contributed by atoms with E-state index in [-0.39, 0.29) is 19.6 Å². The minimum atomic E-state index is -2.21. The number of rotatable bonds is 11. The molecule has 9 nitrogen and oxygen atoms in total. The average Bonchev–Trinajstić information content (AvgIpc) is 3.50. The fraction of sp³-hybridized carbons (Fsp3) is 0.441. The number of carbonyl (C=O) groups is 3. The molecule has 0 aliphatic heterocycles. The molecule has 0 spiro atoms. The molecule has 1 aliphatic carbocycles. The molecule has 1 aliphatic rings. The first kappa shape index (κ1) is 33.2. The molecule has 236 valence electrons. The van der Waals surface area contributed by atoms with E-state index >= 15 is 0 Å². The highest BCUT2D eigenvalue weighted by atomic mass is 28.3. The highest BCUT2D eigenvalue weighted by Crippen LogP contribution is 2.48. The Hall–Kier alpha value is -3.73. The second kappa shape index (κ2) is 13.9. The van der Waals surface area contributed by atoms with E-state index in [9.17, 15) is 19.5 Å². The zero-order chi connectivity index (χ0) is 32.1. The van der Waals surface area contributed by atoms with Crippen LogP contribution in [0.3, 0.4) is 0 Å². The molecule has 0 bridgehead atoms. The van der Waals surface area contributed by atoms with Gasteiger partial charge in [-0.25, -0.2) is 4.79 Å². The van der Waals surface area contributed by atoms with Gasteiger partial charge in [-0.1, -0.05) is 87.2 Å². The first-order valence-corrected chi connectivity index (χ1v) is 18.4. The van der Waals surface area contributed by atoms with E-state index in [1.807, 2.05) is 37.3 Å². The Labute approximate surface area is 259 Å². The molecule has 4 rings (SSSR count). The van der Waals surface area contributed by atoms with Crippen molar-refractivity contribution >= 4 is 31.4 Å². The number of esters is 3. The molecule has 3 aromatic rings. The quantitative estimate of drug-likeness (QED) is 0.178. The zero-order valence-corrected chi connectivity index (χ0v) is 27.1. The summed E-state index contributed by atoms with van der Waals surface area (Å²) in [5.41, 5.74) is -0.301. The molecule has 0 unspecified atom stereocenters. The number of aliphatic hydroxyl groups is 1. The van der Waals surface area contributed by atoms with Gasteiger partial charge in [0, 0.05) is 18.1 Å². The smallest absolute Gasteiger partial charge is 0.352 e. The van der Waals surface area contributed by atoms with Crippen LogP contribution in [0.25, 0.3) is 0 Å². The topological polar surface area (TPSA) is 122 Å². The van der Waals surface area contributed by atoms with E-state index in [1.165, 1.54) is 13.2 Å². The van der Waals surface area contributed by atoms with Crippen molar-refractivity contribution < 1.29 is 42.9 Å². The number of hydrogen-bond acceptors (Lipinski definition) is 9. The van der Waals surface area contributed by atoms with E-state index in [1.54, 1.807) is 43.3 Å². The van der Waals surface area contributed by atoms with E-state index in [4.69, 9.17) is 23.4 Å². The molecule has 10 heteroatoms. The van der Waals surface area contributed by atoms with Crippen LogP contribution in [0.5, 0.6) is 0 Å². The van der Waals surface area contributed by atoms with Gasteiger partial charge in [-0.2, -0.15) is 0 Å². The summed E-state index contributed by atoms with van der Waals surface area (Å²) in [5.74, 6) is -3.54. The maximum Gasteiger partial charge on any atom is 0.352 e. The van der Waals surface area contributed by atoms with Crippen molar-refractivity contribution in [1.82, 2.24) is 0 Å². The Balaban J connectivity index is 1.84. The van der Waals surface area contributed by atoms with E-state index in [2.05, 4.69) is 19.6 Å². The summed E-state index contributed by atoms with van der Waals surface area (Å²) in [7, 11) is -2.21. The van der Waals surface area contributed by atoms with E-state index in [0.717, 1.165) is 5.56 Å². The Bertz CT molecular complexity index is 1420. The molecule has 0 amide bonds. The Morgan fingerprint density at radius 1 is 1.02 bits per heavy atom. The molecule has 2 aromatic carbocycles. The van der Waals surface area contributed by atoms with Crippen LogP contribution in [0.1, 0.15) is 50.0 Å². The Morgan fingerprint density at radius 3 is 2.25 bits per heavy atom. The van der Waals surface area contributed by atoms with Crippen molar-refractivity contribution in [3.8, 4) is 0 Å². The van der Waals surface area contributed by atoms with Crippen LogP contribution in [-0.4, -0.2) is 49.9 Å². The van der Waals surface area contributed by atoms with Gasteiger partial charge >= 0.3 is 17.9 Å². The number of carbonyl (C=O) groups excluding carboxylic acids is 3. The lowest BCUT2D eigenvalue weighted by molar-refractivity contribution is -0.241. The lowest BCUT2D eigenvalue weighted by Gasteiger charge is -2.50. The van der Waals surface area contributed by atoms with Crippen LogP contribution in [0, 0.1) is 11.8 Å². The van der Waals surface area contributed by atoms with Gasteiger partial charge in [-0.3, -0.25) is 9.59 Å². The summed E-state index contributed by atoms with van der Waals surface area (Å²) < 4.78 is 29.5. The molecule has 0 radical (unpaired) electrons. The van der Waals surface area contributed by atoms with Gasteiger partial charge in [0.05, 0.1) is 30.8 Å². The second-order valence-electron chi connectivity index (χ2n) is 12.3. The van der Waals surface area contributed by atoms with Gasteiger partial charge in [-0.15, -0.1) is 0 Å². The molecule has 6 atom stereocenters. The average molecular weight is 623 g/mol.